The Hall–Kier alpha value is -0.720. The van der Waals surface area contributed by atoms with E-state index in [1.54, 1.807) is 17.0 Å². The molecule has 0 amide bonds. The molecule has 2 unspecified atom stereocenters. The van der Waals surface area contributed by atoms with Crippen molar-refractivity contribution in [2.45, 2.75) is 11.3 Å². The third kappa shape index (κ3) is 2.02. The maximum atomic E-state index is 11.7. The maximum Gasteiger partial charge on any atom is 0.161 e. The van der Waals surface area contributed by atoms with Crippen molar-refractivity contribution in [2.75, 3.05) is 16.4 Å². The molecule has 1 N–H and O–H groups in total. The van der Waals surface area contributed by atoms with Gasteiger partial charge in [0.25, 0.3) is 0 Å². The Morgan fingerprint density at radius 3 is 2.61 bits per heavy atom. The van der Waals surface area contributed by atoms with Crippen LogP contribution >= 0.6 is 23.4 Å². The van der Waals surface area contributed by atoms with Crippen molar-refractivity contribution < 1.29 is 8.42 Å². The zero-order valence-electron chi connectivity index (χ0n) is 9.34. The van der Waals surface area contributed by atoms with Crippen LogP contribution in [-0.4, -0.2) is 36.4 Å². The molecule has 0 aromatic heterocycles. The number of anilines is 1. The smallest absolute Gasteiger partial charge is 0.161 e. The second-order valence-corrected chi connectivity index (χ2v) is 8.27. The minimum Gasteiger partial charge on any atom is -0.316 e. The van der Waals surface area contributed by atoms with Crippen LogP contribution in [0.2, 0.25) is 5.02 Å². The third-order valence-electron chi connectivity index (χ3n) is 3.19. The van der Waals surface area contributed by atoms with E-state index in [2.05, 4.69) is 0 Å². The Bertz CT molecular complexity index is 600. The molecule has 2 aliphatic heterocycles. The lowest BCUT2D eigenvalue weighted by molar-refractivity contribution is 0.601. The fourth-order valence-corrected chi connectivity index (χ4v) is 6.33. The zero-order chi connectivity index (χ0) is 12.9. The van der Waals surface area contributed by atoms with Crippen LogP contribution in [0.4, 0.5) is 5.69 Å². The molecule has 0 spiro atoms. The molecule has 7 heteroatoms. The van der Waals surface area contributed by atoms with Gasteiger partial charge >= 0.3 is 0 Å². The molecule has 2 fully saturated rings. The van der Waals surface area contributed by atoms with E-state index >= 15 is 0 Å². The number of fused-ring (bicyclic) bond motifs is 1. The van der Waals surface area contributed by atoms with Crippen LogP contribution in [0, 0.1) is 5.41 Å². The average Bonchev–Trinajstić information content (AvgIpc) is 2.70. The van der Waals surface area contributed by atoms with Gasteiger partial charge in [0, 0.05) is 16.0 Å². The van der Waals surface area contributed by atoms with Crippen molar-refractivity contribution in [3.05, 3.63) is 29.3 Å². The van der Waals surface area contributed by atoms with Gasteiger partial charge in [-0.05, 0) is 24.3 Å². The summed E-state index contributed by atoms with van der Waals surface area (Å²) in [6, 6.07) is 7.04. The first-order chi connectivity index (χ1) is 8.46. The lowest BCUT2D eigenvalue weighted by Crippen LogP contribution is -2.37. The summed E-state index contributed by atoms with van der Waals surface area (Å²) in [6.45, 7) is 0. The number of amidine groups is 1. The highest BCUT2D eigenvalue weighted by atomic mass is 35.5. The number of hydrogen-bond acceptors (Lipinski definition) is 4. The minimum absolute atomic E-state index is 0.0156. The number of nitrogens with one attached hydrogen (secondary N) is 1. The molecule has 4 nitrogen and oxygen atoms in total. The van der Waals surface area contributed by atoms with E-state index in [1.807, 2.05) is 12.1 Å². The predicted octanol–water partition coefficient (Wildman–Crippen LogP) is 1.99. The first-order valence-electron chi connectivity index (χ1n) is 5.47. The molecule has 2 saturated heterocycles. The van der Waals surface area contributed by atoms with Gasteiger partial charge in [-0.2, -0.15) is 0 Å². The van der Waals surface area contributed by atoms with Gasteiger partial charge in [-0.25, -0.2) is 8.42 Å². The maximum absolute atomic E-state index is 11.7. The van der Waals surface area contributed by atoms with Crippen molar-refractivity contribution in [3.8, 4) is 0 Å². The fourth-order valence-electron chi connectivity index (χ4n) is 2.41. The summed E-state index contributed by atoms with van der Waals surface area (Å²) >= 11 is 7.18. The Morgan fingerprint density at radius 2 is 1.94 bits per heavy atom. The molecule has 3 rings (SSSR count). The molecule has 96 valence electrons. The van der Waals surface area contributed by atoms with Crippen LogP contribution in [0.25, 0.3) is 0 Å². The molecular weight excluding hydrogens is 292 g/mol. The van der Waals surface area contributed by atoms with Crippen LogP contribution in [0.15, 0.2) is 24.3 Å². The first-order valence-corrected chi connectivity index (χ1v) is 8.55. The minimum atomic E-state index is -2.96. The summed E-state index contributed by atoms with van der Waals surface area (Å²) in [6.07, 6.45) is 0. The lowest BCUT2D eigenvalue weighted by Gasteiger charge is -2.23. The van der Waals surface area contributed by atoms with Crippen LogP contribution in [0.5, 0.6) is 0 Å². The highest BCUT2D eigenvalue weighted by Gasteiger charge is 2.48. The van der Waals surface area contributed by atoms with E-state index in [-0.39, 0.29) is 22.8 Å². The normalized spacial score (nSPS) is 29.6. The van der Waals surface area contributed by atoms with Crippen LogP contribution < -0.4 is 4.90 Å². The predicted molar refractivity (Wildman–Crippen MR) is 75.5 cm³/mol. The van der Waals surface area contributed by atoms with Gasteiger partial charge in [0.15, 0.2) is 15.0 Å². The monoisotopic (exact) mass is 302 g/mol. The van der Waals surface area contributed by atoms with E-state index < -0.39 is 9.84 Å². The van der Waals surface area contributed by atoms with Crippen molar-refractivity contribution in [1.29, 1.82) is 5.41 Å². The Morgan fingerprint density at radius 1 is 1.28 bits per heavy atom. The van der Waals surface area contributed by atoms with Gasteiger partial charge < -0.3 is 4.90 Å². The van der Waals surface area contributed by atoms with E-state index in [1.165, 1.54) is 11.8 Å². The highest BCUT2D eigenvalue weighted by Crippen LogP contribution is 2.40. The number of benzene rings is 1. The van der Waals surface area contributed by atoms with Gasteiger partial charge in [-0.1, -0.05) is 23.4 Å². The summed E-state index contributed by atoms with van der Waals surface area (Å²) in [5.41, 5.74) is 0.835. The molecule has 0 aliphatic carbocycles. The van der Waals surface area contributed by atoms with Gasteiger partial charge in [0.05, 0.1) is 17.5 Å². The molecule has 1 aromatic rings. The summed E-state index contributed by atoms with van der Waals surface area (Å²) < 4.78 is 23.3. The molecular formula is C11H11ClN2O2S2. The summed E-state index contributed by atoms with van der Waals surface area (Å²) in [5, 5.41) is 9.02. The zero-order valence-corrected chi connectivity index (χ0v) is 11.7. The molecule has 0 bridgehead atoms. The Kier molecular flexibility index (Phi) is 2.84. The SMILES string of the molecule is N=C1SC2CS(=O)(=O)CC2N1c1ccc(Cl)cc1. The lowest BCUT2D eigenvalue weighted by atomic mass is 10.2. The van der Waals surface area contributed by atoms with Crippen molar-refractivity contribution in [1.82, 2.24) is 0 Å². The molecule has 1 aromatic carbocycles. The number of sulfone groups is 1. The standard InChI is InChI=1S/C11H11ClN2O2S2/c12-7-1-3-8(4-2-7)14-9-5-18(15,16)6-10(9)17-11(14)13/h1-4,9-10,13H,5-6H2. The van der Waals surface area contributed by atoms with E-state index in [0.717, 1.165) is 5.69 Å². The average molecular weight is 303 g/mol. The topological polar surface area (TPSA) is 61.2 Å². The van der Waals surface area contributed by atoms with Crippen LogP contribution in [-0.2, 0) is 9.84 Å². The van der Waals surface area contributed by atoms with Crippen molar-refractivity contribution in [2.24, 2.45) is 0 Å². The number of nitrogens with zero attached hydrogens (tertiary/aromatic N) is 1. The molecule has 0 radical (unpaired) electrons. The van der Waals surface area contributed by atoms with Crippen LogP contribution in [0.1, 0.15) is 0 Å². The molecule has 2 heterocycles. The molecule has 18 heavy (non-hydrogen) atoms. The van der Waals surface area contributed by atoms with Crippen molar-refractivity contribution in [3.63, 3.8) is 0 Å². The first kappa shape index (κ1) is 12.3. The Labute approximate surface area is 115 Å². The molecule has 0 saturated carbocycles. The molecule has 2 atom stereocenters. The third-order valence-corrected chi connectivity index (χ3v) is 6.57. The highest BCUT2D eigenvalue weighted by molar-refractivity contribution is 8.15. The van der Waals surface area contributed by atoms with E-state index in [0.29, 0.717) is 10.2 Å². The second-order valence-electron chi connectivity index (χ2n) is 4.45. The summed E-state index contributed by atoms with van der Waals surface area (Å²) in [5.74, 6) is 0.310. The van der Waals surface area contributed by atoms with E-state index in [9.17, 15) is 8.42 Å². The van der Waals surface area contributed by atoms with Crippen LogP contribution in [0.3, 0.4) is 0 Å². The number of halogens is 1. The van der Waals surface area contributed by atoms with Gasteiger partial charge in [-0.15, -0.1) is 0 Å². The Balaban J connectivity index is 1.96. The quantitative estimate of drug-likeness (QED) is 0.862. The van der Waals surface area contributed by atoms with E-state index in [4.69, 9.17) is 17.0 Å². The summed E-state index contributed by atoms with van der Waals surface area (Å²) in [7, 11) is -2.96. The van der Waals surface area contributed by atoms with Gasteiger partial charge in [-0.3, -0.25) is 5.41 Å². The largest absolute Gasteiger partial charge is 0.316 e. The number of hydrogen-bond donors (Lipinski definition) is 1. The molecule has 2 aliphatic rings. The second kappa shape index (κ2) is 4.15. The van der Waals surface area contributed by atoms with Gasteiger partial charge in [0.1, 0.15) is 0 Å². The summed E-state index contributed by atoms with van der Waals surface area (Å²) in [4.78, 5) is 1.80. The number of thioether (sulfide) groups is 1. The van der Waals surface area contributed by atoms with Gasteiger partial charge in [0.2, 0.25) is 0 Å². The number of rotatable bonds is 1. The van der Waals surface area contributed by atoms with Crippen molar-refractivity contribution >= 4 is 44.1 Å². The fraction of sp³-hybridized carbons (Fsp3) is 0.364.